The number of amides is 2. The molecule has 2 N–H and O–H groups in total. The van der Waals surface area contributed by atoms with Crippen molar-refractivity contribution >= 4 is 27.7 Å². The summed E-state index contributed by atoms with van der Waals surface area (Å²) in [6, 6.07) is 11.4. The number of benzene rings is 2. The Hall–Kier alpha value is -2.87. The molecule has 154 valence electrons. The number of rotatable bonds is 5. The molecule has 0 aromatic heterocycles. The van der Waals surface area contributed by atoms with Crippen LogP contribution in [0.5, 0.6) is 0 Å². The topological polar surface area (TPSA) is 102 Å². The molecule has 1 aliphatic carbocycles. The molecule has 29 heavy (non-hydrogen) atoms. The number of aryl methyl sites for hydroxylation is 1. The van der Waals surface area contributed by atoms with E-state index in [1.807, 2.05) is 11.6 Å². The summed E-state index contributed by atoms with van der Waals surface area (Å²) in [7, 11) is -3.97. The second-order valence-corrected chi connectivity index (χ2v) is 8.80. The lowest BCUT2D eigenvalue weighted by Crippen LogP contribution is -2.34. The van der Waals surface area contributed by atoms with E-state index in [1.165, 1.54) is 42.8 Å². The Morgan fingerprint density at radius 3 is 2.17 bits per heavy atom. The van der Waals surface area contributed by atoms with Gasteiger partial charge in [-0.05, 0) is 69.0 Å². The number of carbonyl (C=O) groups is 2. The van der Waals surface area contributed by atoms with Gasteiger partial charge in [-0.25, -0.2) is 22.7 Å². The lowest BCUT2D eigenvalue weighted by molar-refractivity contribution is 0.0211. The van der Waals surface area contributed by atoms with Gasteiger partial charge in [-0.1, -0.05) is 24.1 Å². The standard InChI is InChI=1S/C21H24N2O5S/c1-15-7-13-19(14-8-15)29(26,27)23-21(25)22-17-11-9-16(10-12-17)20(24)28-18-5-3-2-4-6-18/h7-14,18H,2-6H2,1H3,(H2,22,23,25). The summed E-state index contributed by atoms with van der Waals surface area (Å²) in [5, 5.41) is 2.45. The summed E-state index contributed by atoms with van der Waals surface area (Å²) in [6.07, 6.45) is 5.06. The summed E-state index contributed by atoms with van der Waals surface area (Å²) in [4.78, 5) is 24.3. The first-order valence-electron chi connectivity index (χ1n) is 9.55. The Morgan fingerprint density at radius 1 is 0.931 bits per heavy atom. The van der Waals surface area contributed by atoms with Crippen LogP contribution in [0.4, 0.5) is 10.5 Å². The highest BCUT2D eigenvalue weighted by molar-refractivity contribution is 7.90. The van der Waals surface area contributed by atoms with E-state index in [1.54, 1.807) is 12.1 Å². The number of nitrogens with one attached hydrogen (secondary N) is 2. The monoisotopic (exact) mass is 416 g/mol. The zero-order valence-corrected chi connectivity index (χ0v) is 17.0. The maximum atomic E-state index is 12.2. The first-order chi connectivity index (χ1) is 13.8. The van der Waals surface area contributed by atoms with Gasteiger partial charge in [0.15, 0.2) is 0 Å². The van der Waals surface area contributed by atoms with E-state index in [-0.39, 0.29) is 11.0 Å². The van der Waals surface area contributed by atoms with Gasteiger partial charge in [-0.15, -0.1) is 0 Å². The SMILES string of the molecule is Cc1ccc(S(=O)(=O)NC(=O)Nc2ccc(C(=O)OC3CCCCC3)cc2)cc1. The Labute approximate surface area is 170 Å². The maximum Gasteiger partial charge on any atom is 0.338 e. The molecule has 1 fully saturated rings. The largest absolute Gasteiger partial charge is 0.459 e. The summed E-state index contributed by atoms with van der Waals surface area (Å²) >= 11 is 0. The molecular weight excluding hydrogens is 392 g/mol. The minimum absolute atomic E-state index is 0.000874. The number of carbonyl (C=O) groups excluding carboxylic acids is 2. The van der Waals surface area contributed by atoms with Crippen molar-refractivity contribution in [2.75, 3.05) is 5.32 Å². The summed E-state index contributed by atoms with van der Waals surface area (Å²) in [5.74, 6) is -0.394. The number of anilines is 1. The van der Waals surface area contributed by atoms with Gasteiger partial charge in [0.25, 0.3) is 10.0 Å². The van der Waals surface area contributed by atoms with Gasteiger partial charge in [-0.3, -0.25) is 0 Å². The van der Waals surface area contributed by atoms with Crippen LogP contribution in [-0.4, -0.2) is 26.5 Å². The normalized spacial score (nSPS) is 14.8. The predicted molar refractivity (Wildman–Crippen MR) is 109 cm³/mol. The molecule has 2 amide bonds. The van der Waals surface area contributed by atoms with Gasteiger partial charge in [-0.2, -0.15) is 0 Å². The Balaban J connectivity index is 1.56. The minimum Gasteiger partial charge on any atom is -0.459 e. The van der Waals surface area contributed by atoms with Crippen molar-refractivity contribution in [3.8, 4) is 0 Å². The molecule has 0 bridgehead atoms. The number of hydrogen-bond donors (Lipinski definition) is 2. The number of esters is 1. The second kappa shape index (κ2) is 9.09. The quantitative estimate of drug-likeness (QED) is 0.718. The fraction of sp³-hybridized carbons (Fsp3) is 0.333. The van der Waals surface area contributed by atoms with Crippen LogP contribution in [0.2, 0.25) is 0 Å². The third-order valence-electron chi connectivity index (χ3n) is 4.76. The first-order valence-corrected chi connectivity index (χ1v) is 11.0. The first kappa shape index (κ1) is 20.9. The van der Waals surface area contributed by atoms with E-state index in [9.17, 15) is 18.0 Å². The van der Waals surface area contributed by atoms with Crippen LogP contribution in [-0.2, 0) is 14.8 Å². The lowest BCUT2D eigenvalue weighted by Gasteiger charge is -2.21. The molecule has 0 heterocycles. The Kier molecular flexibility index (Phi) is 6.53. The molecule has 2 aromatic rings. The van der Waals surface area contributed by atoms with E-state index in [0.29, 0.717) is 11.3 Å². The maximum absolute atomic E-state index is 12.2. The molecule has 0 radical (unpaired) electrons. The van der Waals surface area contributed by atoms with Crippen molar-refractivity contribution in [1.82, 2.24) is 4.72 Å². The predicted octanol–water partition coefficient (Wildman–Crippen LogP) is 3.99. The molecule has 1 aliphatic rings. The molecule has 0 atom stereocenters. The summed E-state index contributed by atoms with van der Waals surface area (Å²) < 4.78 is 32.0. The molecule has 7 nitrogen and oxygen atoms in total. The van der Waals surface area contributed by atoms with Crippen LogP contribution in [0.15, 0.2) is 53.4 Å². The van der Waals surface area contributed by atoms with Crippen LogP contribution < -0.4 is 10.0 Å². The van der Waals surface area contributed by atoms with Crippen molar-refractivity contribution in [3.05, 3.63) is 59.7 Å². The fourth-order valence-electron chi connectivity index (χ4n) is 3.15. The average Bonchev–Trinajstić information content (AvgIpc) is 2.69. The van der Waals surface area contributed by atoms with Gasteiger partial charge in [0.1, 0.15) is 6.10 Å². The highest BCUT2D eigenvalue weighted by atomic mass is 32.2. The molecule has 3 rings (SSSR count). The number of urea groups is 1. The zero-order valence-electron chi connectivity index (χ0n) is 16.2. The molecule has 8 heteroatoms. The van der Waals surface area contributed by atoms with Crippen molar-refractivity contribution in [2.45, 2.75) is 50.0 Å². The molecule has 1 saturated carbocycles. The van der Waals surface area contributed by atoms with Crippen molar-refractivity contribution in [2.24, 2.45) is 0 Å². The van der Waals surface area contributed by atoms with Gasteiger partial charge >= 0.3 is 12.0 Å². The van der Waals surface area contributed by atoms with E-state index in [4.69, 9.17) is 4.74 Å². The number of sulfonamides is 1. The Bertz CT molecular complexity index is 963. The van der Waals surface area contributed by atoms with Crippen LogP contribution in [0.25, 0.3) is 0 Å². The van der Waals surface area contributed by atoms with Crippen LogP contribution in [0.3, 0.4) is 0 Å². The van der Waals surface area contributed by atoms with E-state index in [2.05, 4.69) is 5.32 Å². The third kappa shape index (κ3) is 5.80. The minimum atomic E-state index is -3.97. The van der Waals surface area contributed by atoms with Crippen molar-refractivity contribution in [1.29, 1.82) is 0 Å². The van der Waals surface area contributed by atoms with E-state index < -0.39 is 22.0 Å². The van der Waals surface area contributed by atoms with Crippen molar-refractivity contribution < 1.29 is 22.7 Å². The smallest absolute Gasteiger partial charge is 0.338 e. The van der Waals surface area contributed by atoms with Crippen LogP contribution in [0, 0.1) is 6.92 Å². The molecule has 0 unspecified atom stereocenters. The van der Waals surface area contributed by atoms with Gasteiger partial charge in [0, 0.05) is 5.69 Å². The van der Waals surface area contributed by atoms with E-state index >= 15 is 0 Å². The molecule has 0 aliphatic heterocycles. The second-order valence-electron chi connectivity index (χ2n) is 7.12. The van der Waals surface area contributed by atoms with Crippen LogP contribution in [0.1, 0.15) is 48.0 Å². The molecular formula is C21H24N2O5S. The number of hydrogen-bond acceptors (Lipinski definition) is 5. The molecule has 0 spiro atoms. The third-order valence-corrected chi connectivity index (χ3v) is 6.11. The highest BCUT2D eigenvalue weighted by Crippen LogP contribution is 2.22. The van der Waals surface area contributed by atoms with Gasteiger partial charge < -0.3 is 10.1 Å². The Morgan fingerprint density at radius 2 is 1.55 bits per heavy atom. The van der Waals surface area contributed by atoms with Gasteiger partial charge in [0.05, 0.1) is 10.5 Å². The number of ether oxygens (including phenoxy) is 1. The average molecular weight is 416 g/mol. The van der Waals surface area contributed by atoms with Gasteiger partial charge in [0.2, 0.25) is 0 Å². The van der Waals surface area contributed by atoms with Crippen LogP contribution >= 0.6 is 0 Å². The molecule has 0 saturated heterocycles. The summed E-state index contributed by atoms with van der Waals surface area (Å²) in [5.41, 5.74) is 1.65. The lowest BCUT2D eigenvalue weighted by atomic mass is 9.98. The molecule has 2 aromatic carbocycles. The van der Waals surface area contributed by atoms with E-state index in [0.717, 1.165) is 31.2 Å². The summed E-state index contributed by atoms with van der Waals surface area (Å²) in [6.45, 7) is 1.84. The fourth-order valence-corrected chi connectivity index (χ4v) is 4.05. The zero-order chi connectivity index (χ0) is 20.9. The van der Waals surface area contributed by atoms with Crippen molar-refractivity contribution in [3.63, 3.8) is 0 Å². The highest BCUT2D eigenvalue weighted by Gasteiger charge is 2.20.